The van der Waals surface area contributed by atoms with Crippen LogP contribution in [0.15, 0.2) is 35.0 Å². The van der Waals surface area contributed by atoms with E-state index in [2.05, 4.69) is 5.16 Å². The molecule has 0 bridgehead atoms. The smallest absolute Gasteiger partial charge is 0.335 e. The molecule has 1 N–H and O–H groups in total. The monoisotopic (exact) mass is 270 g/mol. The van der Waals surface area contributed by atoms with Gasteiger partial charge in [0.15, 0.2) is 0 Å². The number of carbonyl (C=O) groups is 1. The summed E-state index contributed by atoms with van der Waals surface area (Å²) in [4.78, 5) is 11.1. The molecule has 0 unspecified atom stereocenters. The molecule has 20 heavy (non-hydrogen) atoms. The number of nitrogens with zero attached hydrogens (tertiary/aromatic N) is 2. The zero-order chi connectivity index (χ0) is 14.3. The molecule has 0 fully saturated rings. The maximum Gasteiger partial charge on any atom is 0.335 e. The Balaban J connectivity index is 2.08. The third-order valence-corrected chi connectivity index (χ3v) is 3.53. The zero-order valence-electron chi connectivity index (χ0n) is 11.3. The highest BCUT2D eigenvalue weighted by molar-refractivity contribution is 5.93. The van der Waals surface area contributed by atoms with Gasteiger partial charge in [-0.3, -0.25) is 0 Å². The minimum absolute atomic E-state index is 0.288. The predicted octanol–water partition coefficient (Wildman–Crippen LogP) is 2.99. The average Bonchev–Trinajstić information content (AvgIpc) is 2.97. The normalized spacial score (nSPS) is 11.1. The van der Waals surface area contributed by atoms with E-state index in [4.69, 9.17) is 9.63 Å². The van der Waals surface area contributed by atoms with Crippen LogP contribution in [0.1, 0.15) is 27.4 Å². The van der Waals surface area contributed by atoms with Crippen molar-refractivity contribution in [3.63, 3.8) is 0 Å². The van der Waals surface area contributed by atoms with Gasteiger partial charge in [-0.15, -0.1) is 0 Å². The standard InChI is InChI=1S/C15H14N2O3/c1-9-13(10(2)20-16-9)8-17-6-5-11-3-4-12(15(18)19)7-14(11)17/h3-7H,8H2,1-2H3,(H,18,19). The van der Waals surface area contributed by atoms with Crippen molar-refractivity contribution in [3.8, 4) is 0 Å². The Morgan fingerprint density at radius 3 is 2.80 bits per heavy atom. The van der Waals surface area contributed by atoms with Crippen molar-refractivity contribution < 1.29 is 14.4 Å². The third-order valence-electron chi connectivity index (χ3n) is 3.53. The number of aromatic carboxylic acids is 1. The van der Waals surface area contributed by atoms with E-state index in [1.807, 2.05) is 36.7 Å². The van der Waals surface area contributed by atoms with Crippen LogP contribution in [0.5, 0.6) is 0 Å². The molecule has 1 aromatic carbocycles. The van der Waals surface area contributed by atoms with Crippen LogP contribution < -0.4 is 0 Å². The van der Waals surface area contributed by atoms with E-state index < -0.39 is 5.97 Å². The van der Waals surface area contributed by atoms with Crippen LogP contribution in [0, 0.1) is 13.8 Å². The summed E-state index contributed by atoms with van der Waals surface area (Å²) in [7, 11) is 0. The van der Waals surface area contributed by atoms with Crippen LogP contribution in [0.4, 0.5) is 0 Å². The fourth-order valence-corrected chi connectivity index (χ4v) is 2.35. The maximum atomic E-state index is 11.1. The largest absolute Gasteiger partial charge is 0.478 e. The lowest BCUT2D eigenvalue weighted by molar-refractivity contribution is 0.0697. The number of hydrogen-bond donors (Lipinski definition) is 1. The Kier molecular flexibility index (Phi) is 2.82. The Labute approximate surface area is 115 Å². The number of aryl methyl sites for hydroxylation is 2. The molecule has 102 valence electrons. The summed E-state index contributed by atoms with van der Waals surface area (Å²) in [5.41, 5.74) is 3.07. The number of benzene rings is 1. The Hall–Kier alpha value is -2.56. The van der Waals surface area contributed by atoms with E-state index in [1.54, 1.807) is 12.1 Å². The topological polar surface area (TPSA) is 68.3 Å². The molecular weight excluding hydrogens is 256 g/mol. The van der Waals surface area contributed by atoms with Crippen molar-refractivity contribution in [1.82, 2.24) is 9.72 Å². The molecule has 0 aliphatic rings. The van der Waals surface area contributed by atoms with Crippen LogP contribution in [-0.4, -0.2) is 20.8 Å². The molecule has 3 aromatic rings. The van der Waals surface area contributed by atoms with Gasteiger partial charge in [0.2, 0.25) is 0 Å². The summed E-state index contributed by atoms with van der Waals surface area (Å²) >= 11 is 0. The van der Waals surface area contributed by atoms with Crippen LogP contribution in [0.25, 0.3) is 10.9 Å². The summed E-state index contributed by atoms with van der Waals surface area (Å²) in [6.45, 7) is 4.40. The molecule has 3 rings (SSSR count). The molecule has 5 heteroatoms. The van der Waals surface area contributed by atoms with E-state index in [0.29, 0.717) is 6.54 Å². The van der Waals surface area contributed by atoms with Gasteiger partial charge in [-0.05, 0) is 37.4 Å². The second-order valence-electron chi connectivity index (χ2n) is 4.83. The fraction of sp³-hybridized carbons (Fsp3) is 0.200. The molecule has 0 spiro atoms. The minimum atomic E-state index is -0.919. The second kappa shape index (κ2) is 4.52. The second-order valence-corrected chi connectivity index (χ2v) is 4.83. The molecule has 0 saturated carbocycles. The Bertz CT molecular complexity index is 779. The van der Waals surface area contributed by atoms with Crippen molar-refractivity contribution in [3.05, 3.63) is 53.0 Å². The van der Waals surface area contributed by atoms with Gasteiger partial charge in [-0.25, -0.2) is 4.79 Å². The summed E-state index contributed by atoms with van der Waals surface area (Å²) in [6, 6.07) is 7.10. The molecule has 5 nitrogen and oxygen atoms in total. The average molecular weight is 270 g/mol. The summed E-state index contributed by atoms with van der Waals surface area (Å²) in [5.74, 6) is -0.129. The highest BCUT2D eigenvalue weighted by Gasteiger charge is 2.12. The van der Waals surface area contributed by atoms with Gasteiger partial charge in [0.05, 0.1) is 17.8 Å². The van der Waals surface area contributed by atoms with Crippen molar-refractivity contribution in [2.24, 2.45) is 0 Å². The molecule has 2 aromatic heterocycles. The number of carboxylic acid groups (broad SMARTS) is 1. The molecule has 0 aliphatic heterocycles. The fourth-order valence-electron chi connectivity index (χ4n) is 2.35. The number of fused-ring (bicyclic) bond motifs is 1. The molecule has 0 atom stereocenters. The van der Waals surface area contributed by atoms with Crippen LogP contribution in [0.3, 0.4) is 0 Å². The first-order valence-electron chi connectivity index (χ1n) is 6.30. The van der Waals surface area contributed by atoms with Crippen molar-refractivity contribution >= 4 is 16.9 Å². The van der Waals surface area contributed by atoms with E-state index in [1.165, 1.54) is 0 Å². The van der Waals surface area contributed by atoms with Crippen LogP contribution >= 0.6 is 0 Å². The molecule has 0 amide bonds. The van der Waals surface area contributed by atoms with Crippen molar-refractivity contribution in [2.45, 2.75) is 20.4 Å². The number of hydrogen-bond acceptors (Lipinski definition) is 3. The molecule has 0 aliphatic carbocycles. The molecule has 0 saturated heterocycles. The van der Waals surface area contributed by atoms with Gasteiger partial charge in [0.1, 0.15) is 5.76 Å². The van der Waals surface area contributed by atoms with E-state index >= 15 is 0 Å². The Morgan fingerprint density at radius 2 is 2.15 bits per heavy atom. The molecular formula is C15H14N2O3. The first-order chi connectivity index (χ1) is 9.56. The Morgan fingerprint density at radius 1 is 1.35 bits per heavy atom. The van der Waals surface area contributed by atoms with Gasteiger partial charge in [0.25, 0.3) is 0 Å². The third kappa shape index (κ3) is 1.97. The van der Waals surface area contributed by atoms with Gasteiger partial charge in [-0.1, -0.05) is 11.2 Å². The quantitative estimate of drug-likeness (QED) is 0.794. The van der Waals surface area contributed by atoms with Crippen molar-refractivity contribution in [2.75, 3.05) is 0 Å². The van der Waals surface area contributed by atoms with Gasteiger partial charge in [0, 0.05) is 17.3 Å². The SMILES string of the molecule is Cc1noc(C)c1Cn1ccc2ccc(C(=O)O)cc21. The van der Waals surface area contributed by atoms with E-state index in [0.717, 1.165) is 27.9 Å². The molecule has 2 heterocycles. The predicted molar refractivity (Wildman–Crippen MR) is 74.0 cm³/mol. The van der Waals surface area contributed by atoms with Gasteiger partial charge < -0.3 is 14.2 Å². The van der Waals surface area contributed by atoms with Gasteiger partial charge in [-0.2, -0.15) is 0 Å². The van der Waals surface area contributed by atoms with Crippen LogP contribution in [0.2, 0.25) is 0 Å². The summed E-state index contributed by atoms with van der Waals surface area (Å²) in [5, 5.41) is 14.0. The van der Waals surface area contributed by atoms with Crippen molar-refractivity contribution in [1.29, 1.82) is 0 Å². The summed E-state index contributed by atoms with van der Waals surface area (Å²) < 4.78 is 7.17. The number of carboxylic acids is 1. The lowest BCUT2D eigenvalue weighted by Crippen LogP contribution is -2.01. The lowest BCUT2D eigenvalue weighted by atomic mass is 10.1. The number of aromatic nitrogens is 2. The number of rotatable bonds is 3. The minimum Gasteiger partial charge on any atom is -0.478 e. The lowest BCUT2D eigenvalue weighted by Gasteiger charge is -2.05. The van der Waals surface area contributed by atoms with E-state index in [9.17, 15) is 4.79 Å². The molecule has 0 radical (unpaired) electrons. The summed E-state index contributed by atoms with van der Waals surface area (Å²) in [6.07, 6.45) is 1.95. The highest BCUT2D eigenvalue weighted by atomic mass is 16.5. The van der Waals surface area contributed by atoms with E-state index in [-0.39, 0.29) is 5.56 Å². The first kappa shape index (κ1) is 12.5. The highest BCUT2D eigenvalue weighted by Crippen LogP contribution is 2.21. The maximum absolute atomic E-state index is 11.1. The van der Waals surface area contributed by atoms with Crippen LogP contribution in [-0.2, 0) is 6.54 Å². The zero-order valence-corrected chi connectivity index (χ0v) is 11.3. The first-order valence-corrected chi connectivity index (χ1v) is 6.30. The van der Waals surface area contributed by atoms with Gasteiger partial charge >= 0.3 is 5.97 Å².